The molecule has 0 saturated carbocycles. The molecule has 2 aliphatic heterocycles. The van der Waals surface area contributed by atoms with Crippen LogP contribution < -0.4 is 0 Å². The van der Waals surface area contributed by atoms with Crippen molar-refractivity contribution in [3.8, 4) is 0 Å². The molecule has 4 heteroatoms. The molecule has 0 aromatic heterocycles. The SMILES string of the molecule is Clc1ccc(C2CCN(CC3CN(Cc4ccccc4)CCCO3)CC2)cc1. The maximum Gasteiger partial charge on any atom is 0.0828 e. The molecule has 28 heavy (non-hydrogen) atoms. The average molecular weight is 399 g/mol. The zero-order chi connectivity index (χ0) is 19.2. The van der Waals surface area contributed by atoms with Gasteiger partial charge in [-0.15, -0.1) is 0 Å². The van der Waals surface area contributed by atoms with E-state index in [1.807, 2.05) is 12.1 Å². The number of likely N-dealkylation sites (tertiary alicyclic amines) is 1. The smallest absolute Gasteiger partial charge is 0.0828 e. The molecule has 4 rings (SSSR count). The quantitative estimate of drug-likeness (QED) is 0.718. The molecule has 0 N–H and O–H groups in total. The van der Waals surface area contributed by atoms with Crippen molar-refractivity contribution in [3.05, 3.63) is 70.7 Å². The van der Waals surface area contributed by atoms with Crippen LogP contribution in [-0.2, 0) is 11.3 Å². The van der Waals surface area contributed by atoms with Gasteiger partial charge in [-0.25, -0.2) is 0 Å². The minimum atomic E-state index is 0.318. The van der Waals surface area contributed by atoms with E-state index < -0.39 is 0 Å². The molecule has 1 atom stereocenters. The average Bonchev–Trinajstić information content (AvgIpc) is 2.95. The van der Waals surface area contributed by atoms with Crippen molar-refractivity contribution in [1.82, 2.24) is 9.80 Å². The highest BCUT2D eigenvalue weighted by Gasteiger charge is 2.25. The van der Waals surface area contributed by atoms with Crippen molar-refractivity contribution in [1.29, 1.82) is 0 Å². The molecule has 0 radical (unpaired) electrons. The molecule has 2 fully saturated rings. The van der Waals surface area contributed by atoms with Gasteiger partial charge >= 0.3 is 0 Å². The van der Waals surface area contributed by atoms with E-state index in [1.54, 1.807) is 0 Å². The van der Waals surface area contributed by atoms with Gasteiger partial charge in [-0.3, -0.25) is 4.90 Å². The van der Waals surface area contributed by atoms with Crippen LogP contribution in [0.1, 0.15) is 36.3 Å². The normalized spacial score (nSPS) is 22.8. The second kappa shape index (κ2) is 9.89. The van der Waals surface area contributed by atoms with Crippen molar-refractivity contribution in [2.24, 2.45) is 0 Å². The van der Waals surface area contributed by atoms with Gasteiger partial charge < -0.3 is 9.64 Å². The van der Waals surface area contributed by atoms with Gasteiger partial charge in [0.1, 0.15) is 0 Å². The highest BCUT2D eigenvalue weighted by molar-refractivity contribution is 6.30. The Labute approximate surface area is 174 Å². The second-order valence-corrected chi connectivity index (χ2v) is 8.63. The number of piperidine rings is 1. The summed E-state index contributed by atoms with van der Waals surface area (Å²) in [6.45, 7) is 7.45. The van der Waals surface area contributed by atoms with E-state index in [0.29, 0.717) is 12.0 Å². The van der Waals surface area contributed by atoms with Gasteiger partial charge in [0, 0.05) is 37.8 Å². The first-order chi connectivity index (χ1) is 13.8. The van der Waals surface area contributed by atoms with Gasteiger partial charge in [0.2, 0.25) is 0 Å². The largest absolute Gasteiger partial charge is 0.376 e. The van der Waals surface area contributed by atoms with Crippen LogP contribution in [0, 0.1) is 0 Å². The minimum absolute atomic E-state index is 0.318. The molecular formula is C24H31ClN2O. The fourth-order valence-corrected chi connectivity index (χ4v) is 4.66. The summed E-state index contributed by atoms with van der Waals surface area (Å²) in [5.41, 5.74) is 2.83. The number of ether oxygens (including phenoxy) is 1. The lowest BCUT2D eigenvalue weighted by Gasteiger charge is -2.35. The van der Waals surface area contributed by atoms with Crippen LogP contribution >= 0.6 is 11.6 Å². The zero-order valence-electron chi connectivity index (χ0n) is 16.6. The number of hydrogen-bond donors (Lipinski definition) is 0. The fourth-order valence-electron chi connectivity index (χ4n) is 4.54. The standard InChI is InChI=1S/C24H31ClN2O/c25-23-9-7-21(8-10-23)22-11-14-26(15-12-22)18-24-19-27(13-4-16-28-24)17-20-5-2-1-3-6-20/h1-3,5-10,22,24H,4,11-19H2. The van der Waals surface area contributed by atoms with Crippen LogP contribution in [0.25, 0.3) is 0 Å². The highest BCUT2D eigenvalue weighted by Crippen LogP contribution is 2.29. The molecule has 0 bridgehead atoms. The van der Waals surface area contributed by atoms with Crippen LogP contribution in [0.4, 0.5) is 0 Å². The zero-order valence-corrected chi connectivity index (χ0v) is 17.4. The monoisotopic (exact) mass is 398 g/mol. The highest BCUT2D eigenvalue weighted by atomic mass is 35.5. The summed E-state index contributed by atoms with van der Waals surface area (Å²) in [5, 5.41) is 0.826. The minimum Gasteiger partial charge on any atom is -0.376 e. The van der Waals surface area contributed by atoms with Crippen molar-refractivity contribution in [2.75, 3.05) is 39.3 Å². The molecule has 2 aromatic carbocycles. The molecule has 2 aromatic rings. The maximum absolute atomic E-state index is 6.20. The summed E-state index contributed by atoms with van der Waals surface area (Å²) in [5.74, 6) is 0.665. The first-order valence-corrected chi connectivity index (χ1v) is 11.0. The Morgan fingerprint density at radius 1 is 0.893 bits per heavy atom. The molecule has 2 saturated heterocycles. The summed E-state index contributed by atoms with van der Waals surface area (Å²) in [6, 6.07) is 19.2. The lowest BCUT2D eigenvalue weighted by molar-refractivity contribution is 0.0203. The van der Waals surface area contributed by atoms with E-state index >= 15 is 0 Å². The predicted octanol–water partition coefficient (Wildman–Crippen LogP) is 4.81. The molecule has 0 amide bonds. The molecular weight excluding hydrogens is 368 g/mol. The molecule has 150 valence electrons. The predicted molar refractivity (Wildman–Crippen MR) is 116 cm³/mol. The Balaban J connectivity index is 1.27. The van der Waals surface area contributed by atoms with E-state index in [2.05, 4.69) is 52.3 Å². The Morgan fingerprint density at radius 2 is 1.64 bits per heavy atom. The number of halogens is 1. The van der Waals surface area contributed by atoms with E-state index in [1.165, 1.54) is 24.0 Å². The third kappa shape index (κ3) is 5.57. The molecule has 2 heterocycles. The number of rotatable bonds is 5. The van der Waals surface area contributed by atoms with E-state index in [4.69, 9.17) is 16.3 Å². The second-order valence-electron chi connectivity index (χ2n) is 8.19. The van der Waals surface area contributed by atoms with E-state index in [0.717, 1.165) is 57.3 Å². The summed E-state index contributed by atoms with van der Waals surface area (Å²) in [4.78, 5) is 5.16. The van der Waals surface area contributed by atoms with Crippen LogP contribution in [0.5, 0.6) is 0 Å². The number of benzene rings is 2. The third-order valence-corrected chi connectivity index (χ3v) is 6.33. The van der Waals surface area contributed by atoms with Crippen LogP contribution in [0.2, 0.25) is 5.02 Å². The first-order valence-electron chi connectivity index (χ1n) is 10.6. The van der Waals surface area contributed by atoms with Gasteiger partial charge in [-0.1, -0.05) is 54.1 Å². The molecule has 0 aliphatic carbocycles. The van der Waals surface area contributed by atoms with Gasteiger partial charge in [-0.2, -0.15) is 0 Å². The van der Waals surface area contributed by atoms with Crippen molar-refractivity contribution in [3.63, 3.8) is 0 Å². The summed E-state index contributed by atoms with van der Waals surface area (Å²) < 4.78 is 6.20. The summed E-state index contributed by atoms with van der Waals surface area (Å²) >= 11 is 6.03. The number of hydrogen-bond acceptors (Lipinski definition) is 3. The van der Waals surface area contributed by atoms with Crippen LogP contribution in [0.3, 0.4) is 0 Å². The molecule has 0 spiro atoms. The van der Waals surface area contributed by atoms with Crippen LogP contribution in [-0.4, -0.2) is 55.2 Å². The van der Waals surface area contributed by atoms with Gasteiger partial charge in [-0.05, 0) is 61.5 Å². The Morgan fingerprint density at radius 3 is 2.39 bits per heavy atom. The summed E-state index contributed by atoms with van der Waals surface area (Å²) in [7, 11) is 0. The van der Waals surface area contributed by atoms with Gasteiger partial charge in [0.25, 0.3) is 0 Å². The Kier molecular flexibility index (Phi) is 7.03. The lowest BCUT2D eigenvalue weighted by atomic mass is 9.89. The van der Waals surface area contributed by atoms with E-state index in [9.17, 15) is 0 Å². The lowest BCUT2D eigenvalue weighted by Crippen LogP contribution is -2.43. The van der Waals surface area contributed by atoms with Crippen molar-refractivity contribution in [2.45, 2.75) is 37.8 Å². The summed E-state index contributed by atoms with van der Waals surface area (Å²) in [6.07, 6.45) is 3.89. The topological polar surface area (TPSA) is 15.7 Å². The maximum atomic E-state index is 6.20. The molecule has 2 aliphatic rings. The fraction of sp³-hybridized carbons (Fsp3) is 0.500. The van der Waals surface area contributed by atoms with Gasteiger partial charge in [0.05, 0.1) is 6.10 Å². The molecule has 1 unspecified atom stereocenters. The Bertz CT molecular complexity index is 713. The third-order valence-electron chi connectivity index (χ3n) is 6.07. The first kappa shape index (κ1) is 19.9. The van der Waals surface area contributed by atoms with Crippen molar-refractivity contribution < 1.29 is 4.74 Å². The van der Waals surface area contributed by atoms with Crippen LogP contribution in [0.15, 0.2) is 54.6 Å². The van der Waals surface area contributed by atoms with Crippen molar-refractivity contribution >= 4 is 11.6 Å². The Hall–Kier alpha value is -1.39. The molecule has 3 nitrogen and oxygen atoms in total. The van der Waals surface area contributed by atoms with Gasteiger partial charge in [0.15, 0.2) is 0 Å². The number of nitrogens with zero attached hydrogens (tertiary/aromatic N) is 2. The van der Waals surface area contributed by atoms with E-state index in [-0.39, 0.29) is 0 Å².